The molecule has 2 aliphatic rings. The van der Waals surface area contributed by atoms with Gasteiger partial charge in [-0.3, -0.25) is 9.35 Å². The third kappa shape index (κ3) is 6.16. The molecule has 2 heterocycles. The lowest BCUT2D eigenvalue weighted by molar-refractivity contribution is -0.438. The Kier molecular flexibility index (Phi) is 9.79. The van der Waals surface area contributed by atoms with Crippen LogP contribution in [0.3, 0.4) is 0 Å². The molecule has 0 amide bonds. The molecule has 1 unspecified atom stereocenters. The largest absolute Gasteiger partial charge is 0.481 e. The number of methoxy groups -OCH3 is 1. The highest BCUT2D eigenvalue weighted by Gasteiger charge is 2.46. The Morgan fingerprint density at radius 2 is 1.68 bits per heavy atom. The lowest BCUT2D eigenvalue weighted by Gasteiger charge is -2.30. The highest BCUT2D eigenvalue weighted by atomic mass is 32.2. The van der Waals surface area contributed by atoms with Crippen molar-refractivity contribution >= 4 is 54.7 Å². The molecular weight excluding hydrogens is 649 g/mol. The number of carboxylic acid groups (broad SMARTS) is 1. The molecule has 262 valence electrons. The monoisotopic (exact) mass is 695 g/mol. The van der Waals surface area contributed by atoms with Crippen LogP contribution in [0.4, 0.5) is 11.4 Å². The first-order valence-corrected chi connectivity index (χ1v) is 18.9. The highest BCUT2D eigenvalue weighted by molar-refractivity contribution is 7.86. The Morgan fingerprint density at radius 1 is 0.920 bits per heavy atom. The Labute approximate surface area is 295 Å². The maximum Gasteiger partial charge on any atom is 0.303 e. The third-order valence-corrected chi connectivity index (χ3v) is 11.5. The third-order valence-electron chi connectivity index (χ3n) is 10.6. The number of anilines is 1. The number of unbranched alkanes of at least 4 members (excludes halogenated alkanes) is 2. The SMILES string of the molecule is CCN1/C(=C/C=C/C2=[N+](CCCCCC(=O)O)c3ccc4c(S(=O)(=O)O)cccc4c3C2(C)C)C(C)(CCOC)c2c1ccc1ccccc21. The number of aliphatic carboxylic acids is 1. The van der Waals surface area contributed by atoms with Crippen LogP contribution < -0.4 is 4.90 Å². The molecule has 0 aromatic heterocycles. The minimum absolute atomic E-state index is 0.106. The van der Waals surface area contributed by atoms with Crippen LogP contribution in [0.15, 0.2) is 95.6 Å². The quantitative estimate of drug-likeness (QED) is 0.0820. The molecule has 2 N–H and O–H groups in total. The molecule has 0 saturated carbocycles. The van der Waals surface area contributed by atoms with Crippen LogP contribution in [-0.4, -0.2) is 61.1 Å². The van der Waals surface area contributed by atoms with Crippen molar-refractivity contribution in [3.05, 3.63) is 102 Å². The maximum absolute atomic E-state index is 12.3. The average molecular weight is 696 g/mol. The number of likely N-dealkylation sites (N-methyl/N-ethyl adjacent to an activating group) is 1. The Hall–Kier alpha value is -4.31. The van der Waals surface area contributed by atoms with E-state index in [-0.39, 0.29) is 16.7 Å². The molecule has 0 aliphatic carbocycles. The fraction of sp³-hybridized carbons (Fsp3) is 0.366. The van der Waals surface area contributed by atoms with E-state index >= 15 is 0 Å². The fourth-order valence-corrected chi connectivity index (χ4v) is 9.01. The van der Waals surface area contributed by atoms with Gasteiger partial charge in [0.05, 0.1) is 5.41 Å². The standard InChI is InChI=1S/C41H46N2O6S/c1-6-42-33-23-21-28-14-9-10-15-29(28)39(33)41(4,25-27-49-5)36(42)19-13-18-35-40(2,3)38-31-16-12-17-34(50(46,47)48)30(31)22-24-32(38)43(35)26-11-7-8-20-37(44)45/h9-10,12-19,21-24H,6-8,11,20,25-27H2,1-5H3,(H-,44,45,46,47,48)/p+1. The molecule has 2 aliphatic heterocycles. The van der Waals surface area contributed by atoms with E-state index < -0.39 is 21.5 Å². The van der Waals surface area contributed by atoms with Crippen LogP contribution in [0.25, 0.3) is 21.5 Å². The molecule has 8 nitrogen and oxygen atoms in total. The summed E-state index contributed by atoms with van der Waals surface area (Å²) < 4.78 is 42.7. The van der Waals surface area contributed by atoms with Gasteiger partial charge >= 0.3 is 5.97 Å². The smallest absolute Gasteiger partial charge is 0.303 e. The lowest BCUT2D eigenvalue weighted by atomic mass is 9.76. The summed E-state index contributed by atoms with van der Waals surface area (Å²) in [5.74, 6) is -0.789. The number of carboxylic acids is 1. The molecular formula is C41H47N2O6S+. The Morgan fingerprint density at radius 3 is 2.40 bits per heavy atom. The fourth-order valence-electron chi connectivity index (χ4n) is 8.31. The molecule has 0 bridgehead atoms. The zero-order valence-corrected chi connectivity index (χ0v) is 30.4. The van der Waals surface area contributed by atoms with Gasteiger partial charge in [-0.2, -0.15) is 13.0 Å². The molecule has 1 atom stereocenters. The number of fused-ring (bicyclic) bond motifs is 6. The first kappa shape index (κ1) is 35.5. The maximum atomic E-state index is 12.3. The van der Waals surface area contributed by atoms with Crippen molar-refractivity contribution in [3.63, 3.8) is 0 Å². The number of carbonyl (C=O) groups is 1. The molecule has 0 radical (unpaired) electrons. The van der Waals surface area contributed by atoms with Crippen LogP contribution in [0.1, 0.15) is 70.9 Å². The molecule has 0 fully saturated rings. The van der Waals surface area contributed by atoms with E-state index in [2.05, 4.69) is 91.8 Å². The molecule has 6 rings (SSSR count). The molecule has 4 aromatic carbocycles. The van der Waals surface area contributed by atoms with E-state index in [1.807, 2.05) is 12.1 Å². The number of hydrogen-bond donors (Lipinski definition) is 2. The first-order chi connectivity index (χ1) is 23.8. The zero-order chi connectivity index (χ0) is 35.8. The van der Waals surface area contributed by atoms with Crippen LogP contribution in [-0.2, 0) is 30.5 Å². The van der Waals surface area contributed by atoms with Gasteiger partial charge in [0, 0.05) is 73.0 Å². The summed E-state index contributed by atoms with van der Waals surface area (Å²) in [5.41, 5.74) is 5.98. The number of rotatable bonds is 13. The van der Waals surface area contributed by atoms with Gasteiger partial charge in [0.25, 0.3) is 10.1 Å². The second-order valence-electron chi connectivity index (χ2n) is 14.1. The van der Waals surface area contributed by atoms with Gasteiger partial charge in [0.15, 0.2) is 5.71 Å². The van der Waals surface area contributed by atoms with Gasteiger partial charge in [-0.1, -0.05) is 48.5 Å². The van der Waals surface area contributed by atoms with Gasteiger partial charge in [-0.15, -0.1) is 0 Å². The summed E-state index contributed by atoms with van der Waals surface area (Å²) in [7, 11) is -2.68. The van der Waals surface area contributed by atoms with Crippen molar-refractivity contribution in [1.29, 1.82) is 0 Å². The highest BCUT2D eigenvalue weighted by Crippen LogP contribution is 2.53. The normalized spacial score (nSPS) is 19.3. The van der Waals surface area contributed by atoms with E-state index in [1.165, 1.54) is 33.8 Å². The molecule has 50 heavy (non-hydrogen) atoms. The van der Waals surface area contributed by atoms with E-state index in [1.54, 1.807) is 19.2 Å². The average Bonchev–Trinajstić information content (AvgIpc) is 3.46. The van der Waals surface area contributed by atoms with Crippen LogP contribution in [0, 0.1) is 0 Å². The van der Waals surface area contributed by atoms with Crippen LogP contribution in [0.2, 0.25) is 0 Å². The van der Waals surface area contributed by atoms with Gasteiger partial charge in [0.1, 0.15) is 11.4 Å². The van der Waals surface area contributed by atoms with Gasteiger partial charge in [-0.25, -0.2) is 0 Å². The van der Waals surface area contributed by atoms with Gasteiger partial charge in [0.2, 0.25) is 5.69 Å². The second kappa shape index (κ2) is 13.8. The summed E-state index contributed by atoms with van der Waals surface area (Å²) in [4.78, 5) is 13.5. The van der Waals surface area contributed by atoms with Crippen molar-refractivity contribution in [2.45, 2.75) is 75.5 Å². The summed E-state index contributed by atoms with van der Waals surface area (Å²) in [6.45, 7) is 10.9. The Bertz CT molecular complexity index is 2180. The topological polar surface area (TPSA) is 107 Å². The van der Waals surface area contributed by atoms with Gasteiger partial charge < -0.3 is 14.7 Å². The zero-order valence-electron chi connectivity index (χ0n) is 29.6. The number of ether oxygens (including phenoxy) is 1. The van der Waals surface area contributed by atoms with Gasteiger partial charge in [-0.05, 0) is 93.0 Å². The number of nitrogens with zero attached hydrogens (tertiary/aromatic N) is 2. The Balaban J connectivity index is 1.47. The molecule has 0 spiro atoms. The predicted octanol–water partition coefficient (Wildman–Crippen LogP) is 8.54. The van der Waals surface area contributed by atoms with E-state index in [4.69, 9.17) is 9.84 Å². The van der Waals surface area contributed by atoms with E-state index in [9.17, 15) is 17.8 Å². The van der Waals surface area contributed by atoms with Crippen molar-refractivity contribution < 1.29 is 32.2 Å². The molecule has 9 heteroatoms. The minimum Gasteiger partial charge on any atom is -0.481 e. The van der Waals surface area contributed by atoms with E-state index in [0.29, 0.717) is 25.0 Å². The number of hydrogen-bond acceptors (Lipinski definition) is 5. The summed E-state index contributed by atoms with van der Waals surface area (Å²) >= 11 is 0. The lowest BCUT2D eigenvalue weighted by Crippen LogP contribution is -2.30. The number of benzene rings is 4. The van der Waals surface area contributed by atoms with Crippen LogP contribution in [0.5, 0.6) is 0 Å². The van der Waals surface area contributed by atoms with Crippen molar-refractivity contribution in [2.24, 2.45) is 0 Å². The second-order valence-corrected chi connectivity index (χ2v) is 15.5. The van der Waals surface area contributed by atoms with Crippen molar-refractivity contribution in [3.8, 4) is 0 Å². The van der Waals surface area contributed by atoms with Crippen LogP contribution >= 0.6 is 0 Å². The van der Waals surface area contributed by atoms with Crippen molar-refractivity contribution in [1.82, 2.24) is 0 Å². The number of allylic oxidation sites excluding steroid dienone is 4. The summed E-state index contributed by atoms with van der Waals surface area (Å²) in [5, 5.41) is 12.9. The predicted molar refractivity (Wildman–Crippen MR) is 201 cm³/mol. The van der Waals surface area contributed by atoms with Crippen molar-refractivity contribution in [2.75, 3.05) is 31.7 Å². The summed E-state index contributed by atoms with van der Waals surface area (Å²) in [6.07, 6.45) is 9.69. The summed E-state index contributed by atoms with van der Waals surface area (Å²) in [6, 6.07) is 21.8. The molecule has 0 saturated heterocycles. The van der Waals surface area contributed by atoms with E-state index in [0.717, 1.165) is 48.2 Å². The first-order valence-electron chi connectivity index (χ1n) is 17.4. The minimum atomic E-state index is -4.43. The molecule has 4 aromatic rings.